The maximum absolute atomic E-state index is 6.30. The molecule has 0 radical (unpaired) electrons. The molecule has 164 valence electrons. The van der Waals surface area contributed by atoms with Gasteiger partial charge in [0.15, 0.2) is 12.6 Å². The van der Waals surface area contributed by atoms with E-state index in [-0.39, 0.29) is 18.0 Å². The molecule has 6 atom stereocenters. The summed E-state index contributed by atoms with van der Waals surface area (Å²) in [6.45, 7) is 16.4. The predicted molar refractivity (Wildman–Crippen MR) is 114 cm³/mol. The standard InChI is InChI=1S/C25H40O4/c1-15-7-17(3)21(18(4)8-15)23-26-11-25(12-27-23)13-28-24(29-14-25)22-19(5)9-16(2)10-20(22)6/h7,9,17-24H,8,10-14H2,1-6H3/t17-,18+,19+,20-,21-,22+,23?,24?,25?. The van der Waals surface area contributed by atoms with Crippen LogP contribution in [0.15, 0.2) is 23.3 Å². The minimum atomic E-state index is -0.160. The van der Waals surface area contributed by atoms with Gasteiger partial charge in [-0.05, 0) is 50.4 Å². The average molecular weight is 405 g/mol. The Morgan fingerprint density at radius 1 is 0.655 bits per heavy atom. The number of hydrogen-bond donors (Lipinski definition) is 0. The molecule has 2 aliphatic heterocycles. The molecule has 4 heteroatoms. The Balaban J connectivity index is 1.33. The number of allylic oxidation sites excluding steroid dienone is 4. The molecule has 4 nitrogen and oxygen atoms in total. The van der Waals surface area contributed by atoms with Gasteiger partial charge in [0.25, 0.3) is 0 Å². The summed E-state index contributed by atoms with van der Waals surface area (Å²) in [5.74, 6) is 3.01. The van der Waals surface area contributed by atoms with Crippen molar-refractivity contribution < 1.29 is 18.9 Å². The van der Waals surface area contributed by atoms with Gasteiger partial charge in [-0.15, -0.1) is 0 Å². The van der Waals surface area contributed by atoms with E-state index in [1.807, 2.05) is 0 Å². The fourth-order valence-electron chi connectivity index (χ4n) is 6.44. The van der Waals surface area contributed by atoms with Crippen molar-refractivity contribution in [1.82, 2.24) is 0 Å². The highest BCUT2D eigenvalue weighted by atomic mass is 16.7. The van der Waals surface area contributed by atoms with Crippen molar-refractivity contribution in [2.75, 3.05) is 26.4 Å². The summed E-state index contributed by atoms with van der Waals surface area (Å²) in [5.41, 5.74) is 2.82. The molecule has 2 heterocycles. The van der Waals surface area contributed by atoms with Gasteiger partial charge in [-0.2, -0.15) is 0 Å². The molecule has 0 saturated carbocycles. The van der Waals surface area contributed by atoms with E-state index in [2.05, 4.69) is 53.7 Å². The zero-order chi connectivity index (χ0) is 20.8. The summed E-state index contributed by atoms with van der Waals surface area (Å²) in [7, 11) is 0. The van der Waals surface area contributed by atoms with Gasteiger partial charge in [0, 0.05) is 11.8 Å². The second-order valence-corrected chi connectivity index (χ2v) is 10.7. The minimum absolute atomic E-state index is 0.112. The lowest BCUT2D eigenvalue weighted by Gasteiger charge is -2.49. The molecule has 0 unspecified atom stereocenters. The molecule has 4 aliphatic rings. The van der Waals surface area contributed by atoms with Gasteiger partial charge < -0.3 is 18.9 Å². The van der Waals surface area contributed by atoms with Crippen LogP contribution >= 0.6 is 0 Å². The van der Waals surface area contributed by atoms with Gasteiger partial charge in [0.2, 0.25) is 0 Å². The van der Waals surface area contributed by atoms with Crippen LogP contribution in [0.4, 0.5) is 0 Å². The van der Waals surface area contributed by atoms with Crippen molar-refractivity contribution in [2.45, 2.75) is 67.0 Å². The van der Waals surface area contributed by atoms with E-state index >= 15 is 0 Å². The monoisotopic (exact) mass is 404 g/mol. The largest absolute Gasteiger partial charge is 0.351 e. The van der Waals surface area contributed by atoms with Crippen LogP contribution in [0, 0.1) is 40.9 Å². The third-order valence-electron chi connectivity index (χ3n) is 7.75. The quantitative estimate of drug-likeness (QED) is 0.593. The SMILES string of the molecule is CC1=C[C@H](C)[C@H](C2OCC3(CO2)COC([C@@H]2[C@H](C)C=C(C)C[C@@H]2C)OC3)[C@H](C)C1. The number of hydrogen-bond acceptors (Lipinski definition) is 4. The molecular formula is C25H40O4. The second-order valence-electron chi connectivity index (χ2n) is 10.7. The minimum Gasteiger partial charge on any atom is -0.351 e. The molecule has 0 amide bonds. The highest BCUT2D eigenvalue weighted by Crippen LogP contribution is 2.43. The van der Waals surface area contributed by atoms with Crippen molar-refractivity contribution in [3.05, 3.63) is 23.3 Å². The van der Waals surface area contributed by atoms with Crippen LogP contribution in [-0.4, -0.2) is 39.0 Å². The van der Waals surface area contributed by atoms with Crippen LogP contribution < -0.4 is 0 Å². The highest BCUT2D eigenvalue weighted by Gasteiger charge is 2.47. The normalized spacial score (nSPS) is 48.9. The third kappa shape index (κ3) is 4.37. The lowest BCUT2D eigenvalue weighted by molar-refractivity contribution is -0.327. The Labute approximate surface area is 177 Å². The van der Waals surface area contributed by atoms with E-state index in [4.69, 9.17) is 18.9 Å². The molecule has 0 aromatic heterocycles. The van der Waals surface area contributed by atoms with E-state index in [1.165, 1.54) is 11.1 Å². The van der Waals surface area contributed by atoms with Crippen molar-refractivity contribution in [1.29, 1.82) is 0 Å². The summed E-state index contributed by atoms with van der Waals surface area (Å²) in [5, 5.41) is 0. The summed E-state index contributed by atoms with van der Waals surface area (Å²) in [6, 6.07) is 0. The fourth-order valence-corrected chi connectivity index (χ4v) is 6.44. The van der Waals surface area contributed by atoms with Crippen molar-refractivity contribution >= 4 is 0 Å². The third-order valence-corrected chi connectivity index (χ3v) is 7.75. The molecule has 2 saturated heterocycles. The zero-order valence-corrected chi connectivity index (χ0v) is 19.1. The van der Waals surface area contributed by atoms with Crippen LogP contribution in [0.25, 0.3) is 0 Å². The second kappa shape index (κ2) is 8.45. The maximum Gasteiger partial charge on any atom is 0.161 e. The average Bonchev–Trinajstić information content (AvgIpc) is 2.63. The first-order valence-electron chi connectivity index (χ1n) is 11.6. The molecule has 2 aliphatic carbocycles. The maximum atomic E-state index is 6.30. The Morgan fingerprint density at radius 2 is 1.00 bits per heavy atom. The highest BCUT2D eigenvalue weighted by molar-refractivity contribution is 5.10. The van der Waals surface area contributed by atoms with E-state index in [0.29, 0.717) is 61.9 Å². The number of ether oxygens (including phenoxy) is 4. The van der Waals surface area contributed by atoms with E-state index < -0.39 is 0 Å². The lowest BCUT2D eigenvalue weighted by atomic mass is 9.74. The van der Waals surface area contributed by atoms with E-state index in [0.717, 1.165) is 12.8 Å². The van der Waals surface area contributed by atoms with Crippen molar-refractivity contribution in [3.63, 3.8) is 0 Å². The topological polar surface area (TPSA) is 36.9 Å². The van der Waals surface area contributed by atoms with Gasteiger partial charge >= 0.3 is 0 Å². The fraction of sp³-hybridized carbons (Fsp3) is 0.840. The Bertz CT molecular complexity index is 578. The first-order chi connectivity index (χ1) is 13.8. The van der Waals surface area contributed by atoms with Crippen LogP contribution in [0.1, 0.15) is 54.4 Å². The summed E-state index contributed by atoms with van der Waals surface area (Å²) in [6.07, 6.45) is 6.84. The first kappa shape index (κ1) is 21.5. The van der Waals surface area contributed by atoms with Crippen molar-refractivity contribution in [3.8, 4) is 0 Å². The lowest BCUT2D eigenvalue weighted by Crippen LogP contribution is -2.56. The van der Waals surface area contributed by atoms with Crippen molar-refractivity contribution in [2.24, 2.45) is 40.9 Å². The predicted octanol–water partition coefficient (Wildman–Crippen LogP) is 5.20. The first-order valence-corrected chi connectivity index (χ1v) is 11.6. The zero-order valence-electron chi connectivity index (χ0n) is 19.1. The Morgan fingerprint density at radius 3 is 1.31 bits per heavy atom. The molecule has 0 aromatic rings. The smallest absolute Gasteiger partial charge is 0.161 e. The summed E-state index contributed by atoms with van der Waals surface area (Å²) in [4.78, 5) is 0. The van der Waals surface area contributed by atoms with Gasteiger partial charge in [0.05, 0.1) is 31.8 Å². The Kier molecular flexibility index (Phi) is 6.28. The molecule has 0 bridgehead atoms. The van der Waals surface area contributed by atoms with E-state index in [1.54, 1.807) is 0 Å². The van der Waals surface area contributed by atoms with Gasteiger partial charge in [-0.3, -0.25) is 0 Å². The summed E-state index contributed by atoms with van der Waals surface area (Å²) >= 11 is 0. The van der Waals surface area contributed by atoms with Gasteiger partial charge in [0.1, 0.15) is 0 Å². The van der Waals surface area contributed by atoms with Crippen LogP contribution in [-0.2, 0) is 18.9 Å². The van der Waals surface area contributed by atoms with Gasteiger partial charge in [-0.25, -0.2) is 0 Å². The molecule has 2 fully saturated rings. The van der Waals surface area contributed by atoms with Crippen LogP contribution in [0.3, 0.4) is 0 Å². The molecular weight excluding hydrogens is 364 g/mol. The van der Waals surface area contributed by atoms with Gasteiger partial charge in [-0.1, -0.05) is 51.0 Å². The van der Waals surface area contributed by atoms with Crippen LogP contribution in [0.2, 0.25) is 0 Å². The molecule has 0 N–H and O–H groups in total. The Hall–Kier alpha value is -0.680. The van der Waals surface area contributed by atoms with Crippen LogP contribution in [0.5, 0.6) is 0 Å². The molecule has 0 aromatic carbocycles. The molecule has 4 rings (SSSR count). The molecule has 1 spiro atoms. The molecule has 29 heavy (non-hydrogen) atoms. The number of rotatable bonds is 2. The van der Waals surface area contributed by atoms with E-state index in [9.17, 15) is 0 Å². The summed E-state index contributed by atoms with van der Waals surface area (Å²) < 4.78 is 25.2.